The van der Waals surface area contributed by atoms with Gasteiger partial charge in [-0.15, -0.1) is 11.8 Å². The maximum Gasteiger partial charge on any atom is 0.225 e. The number of hydrogen-bond acceptors (Lipinski definition) is 3. The van der Waals surface area contributed by atoms with Crippen LogP contribution >= 0.6 is 11.8 Å². The number of anilines is 2. The van der Waals surface area contributed by atoms with Gasteiger partial charge in [-0.3, -0.25) is 9.59 Å². The van der Waals surface area contributed by atoms with E-state index < -0.39 is 0 Å². The van der Waals surface area contributed by atoms with Crippen molar-refractivity contribution in [1.82, 2.24) is 0 Å². The number of nitrogens with zero attached hydrogens (tertiary/aromatic N) is 1. The van der Waals surface area contributed by atoms with Gasteiger partial charge in [-0.05, 0) is 42.3 Å². The minimum atomic E-state index is 0.0137. The second kappa shape index (κ2) is 7.53. The van der Waals surface area contributed by atoms with Gasteiger partial charge < -0.3 is 10.2 Å². The Labute approximate surface area is 146 Å². The highest BCUT2D eigenvalue weighted by molar-refractivity contribution is 7.99. The second-order valence-electron chi connectivity index (χ2n) is 5.72. The number of carbonyl (C=O) groups is 2. The van der Waals surface area contributed by atoms with Crippen LogP contribution in [0.5, 0.6) is 0 Å². The molecule has 0 aliphatic carbocycles. The Morgan fingerprint density at radius 3 is 2.71 bits per heavy atom. The first-order valence-corrected chi connectivity index (χ1v) is 9.01. The van der Waals surface area contributed by atoms with Gasteiger partial charge in [0.15, 0.2) is 0 Å². The monoisotopic (exact) mass is 340 g/mol. The molecule has 2 amide bonds. The van der Waals surface area contributed by atoms with Crippen LogP contribution in [-0.4, -0.2) is 24.1 Å². The number of rotatable bonds is 5. The summed E-state index contributed by atoms with van der Waals surface area (Å²) in [5, 5.41) is 2.95. The first-order valence-electron chi connectivity index (χ1n) is 8.02. The van der Waals surface area contributed by atoms with Crippen molar-refractivity contribution in [3.05, 3.63) is 54.1 Å². The lowest BCUT2D eigenvalue weighted by molar-refractivity contribution is -0.117. The lowest BCUT2D eigenvalue weighted by Gasteiger charge is -2.15. The van der Waals surface area contributed by atoms with E-state index in [1.807, 2.05) is 48.5 Å². The molecule has 124 valence electrons. The van der Waals surface area contributed by atoms with Gasteiger partial charge in [-0.25, -0.2) is 0 Å². The standard InChI is InChI=1S/C19H20N2O2S/c1-14(22)21-11-9-15-13-16(7-8-18(15)21)20-19(23)10-12-24-17-5-3-2-4-6-17/h2-8,13H,9-12H2,1H3,(H,20,23). The normalized spacial score (nSPS) is 12.8. The van der Waals surface area contributed by atoms with Crippen molar-refractivity contribution >= 4 is 35.0 Å². The van der Waals surface area contributed by atoms with E-state index >= 15 is 0 Å². The van der Waals surface area contributed by atoms with Crippen LogP contribution in [0.3, 0.4) is 0 Å². The molecule has 5 heteroatoms. The summed E-state index contributed by atoms with van der Waals surface area (Å²) in [6.07, 6.45) is 1.30. The molecule has 0 fully saturated rings. The molecular formula is C19H20N2O2S. The molecular weight excluding hydrogens is 320 g/mol. The first kappa shape index (κ1) is 16.6. The molecule has 0 saturated carbocycles. The quantitative estimate of drug-likeness (QED) is 0.844. The highest BCUT2D eigenvalue weighted by Crippen LogP contribution is 2.30. The van der Waals surface area contributed by atoms with Crippen molar-refractivity contribution < 1.29 is 9.59 Å². The van der Waals surface area contributed by atoms with E-state index in [1.54, 1.807) is 23.6 Å². The molecule has 0 atom stereocenters. The Hall–Kier alpha value is -2.27. The average Bonchev–Trinajstić information content (AvgIpc) is 2.99. The highest BCUT2D eigenvalue weighted by atomic mass is 32.2. The third kappa shape index (κ3) is 3.97. The van der Waals surface area contributed by atoms with Crippen molar-refractivity contribution in [3.8, 4) is 0 Å². The molecule has 1 heterocycles. The van der Waals surface area contributed by atoms with Crippen LogP contribution in [0.1, 0.15) is 18.9 Å². The predicted octanol–water partition coefficient (Wildman–Crippen LogP) is 3.72. The van der Waals surface area contributed by atoms with E-state index in [1.165, 1.54) is 4.90 Å². The van der Waals surface area contributed by atoms with E-state index in [2.05, 4.69) is 5.32 Å². The van der Waals surface area contributed by atoms with Crippen molar-refractivity contribution in [2.75, 3.05) is 22.5 Å². The molecule has 0 spiro atoms. The lowest BCUT2D eigenvalue weighted by Crippen LogP contribution is -2.25. The van der Waals surface area contributed by atoms with Gasteiger partial charge in [0.2, 0.25) is 11.8 Å². The number of carbonyl (C=O) groups excluding carboxylic acids is 2. The Balaban J connectivity index is 1.53. The lowest BCUT2D eigenvalue weighted by atomic mass is 10.1. The van der Waals surface area contributed by atoms with Crippen LogP contribution in [0, 0.1) is 0 Å². The molecule has 2 aromatic carbocycles. The highest BCUT2D eigenvalue weighted by Gasteiger charge is 2.22. The third-order valence-electron chi connectivity index (χ3n) is 3.98. The fourth-order valence-corrected chi connectivity index (χ4v) is 3.68. The molecule has 0 aromatic heterocycles. The zero-order chi connectivity index (χ0) is 16.9. The Morgan fingerprint density at radius 2 is 1.96 bits per heavy atom. The average molecular weight is 340 g/mol. The van der Waals surface area contributed by atoms with Gasteiger partial charge in [0.1, 0.15) is 0 Å². The number of nitrogens with one attached hydrogen (secondary N) is 1. The smallest absolute Gasteiger partial charge is 0.225 e. The second-order valence-corrected chi connectivity index (χ2v) is 6.89. The SMILES string of the molecule is CC(=O)N1CCc2cc(NC(=O)CCSc3ccccc3)ccc21. The van der Waals surface area contributed by atoms with Crippen LogP contribution in [0.25, 0.3) is 0 Å². The molecule has 3 rings (SSSR count). The molecule has 0 radical (unpaired) electrons. The van der Waals surface area contributed by atoms with Crippen LogP contribution in [0.2, 0.25) is 0 Å². The van der Waals surface area contributed by atoms with Gasteiger partial charge >= 0.3 is 0 Å². The summed E-state index contributed by atoms with van der Waals surface area (Å²) < 4.78 is 0. The molecule has 24 heavy (non-hydrogen) atoms. The van der Waals surface area contributed by atoms with E-state index in [-0.39, 0.29) is 11.8 Å². The molecule has 0 saturated heterocycles. The van der Waals surface area contributed by atoms with Crippen LogP contribution in [-0.2, 0) is 16.0 Å². The maximum absolute atomic E-state index is 12.1. The van der Waals surface area contributed by atoms with Gasteiger partial charge in [0.05, 0.1) is 0 Å². The summed E-state index contributed by atoms with van der Waals surface area (Å²) in [5.74, 6) is 0.821. The minimum absolute atomic E-state index is 0.0137. The fraction of sp³-hybridized carbons (Fsp3) is 0.263. The summed E-state index contributed by atoms with van der Waals surface area (Å²) in [6.45, 7) is 2.30. The van der Waals surface area contributed by atoms with Gasteiger partial charge in [-0.2, -0.15) is 0 Å². The molecule has 1 aliphatic rings. The summed E-state index contributed by atoms with van der Waals surface area (Å²) in [6, 6.07) is 15.8. The minimum Gasteiger partial charge on any atom is -0.326 e. The number of benzene rings is 2. The summed E-state index contributed by atoms with van der Waals surface area (Å²) in [5.41, 5.74) is 2.87. The van der Waals surface area contributed by atoms with Gasteiger partial charge in [0, 0.05) is 41.9 Å². The molecule has 0 unspecified atom stereocenters. The van der Waals surface area contributed by atoms with Crippen LogP contribution in [0.4, 0.5) is 11.4 Å². The van der Waals surface area contributed by atoms with E-state index in [0.29, 0.717) is 6.42 Å². The maximum atomic E-state index is 12.1. The van der Waals surface area contributed by atoms with E-state index in [0.717, 1.165) is 35.7 Å². The Kier molecular flexibility index (Phi) is 5.20. The number of amides is 2. The predicted molar refractivity (Wildman–Crippen MR) is 98.6 cm³/mol. The summed E-state index contributed by atoms with van der Waals surface area (Å²) in [4.78, 5) is 26.6. The molecule has 1 aliphatic heterocycles. The van der Waals surface area contributed by atoms with Crippen molar-refractivity contribution in [2.24, 2.45) is 0 Å². The molecule has 1 N–H and O–H groups in total. The third-order valence-corrected chi connectivity index (χ3v) is 4.99. The van der Waals surface area contributed by atoms with Crippen LogP contribution in [0.15, 0.2) is 53.4 Å². The van der Waals surface area contributed by atoms with Crippen molar-refractivity contribution in [1.29, 1.82) is 0 Å². The number of thioether (sulfide) groups is 1. The van der Waals surface area contributed by atoms with E-state index in [9.17, 15) is 9.59 Å². The largest absolute Gasteiger partial charge is 0.326 e. The first-order chi connectivity index (χ1) is 11.6. The van der Waals surface area contributed by atoms with Crippen LogP contribution < -0.4 is 10.2 Å². The Bertz CT molecular complexity index is 746. The van der Waals surface area contributed by atoms with E-state index in [4.69, 9.17) is 0 Å². The zero-order valence-electron chi connectivity index (χ0n) is 13.6. The van der Waals surface area contributed by atoms with Crippen molar-refractivity contribution in [3.63, 3.8) is 0 Å². The topological polar surface area (TPSA) is 49.4 Å². The summed E-state index contributed by atoms with van der Waals surface area (Å²) >= 11 is 1.68. The summed E-state index contributed by atoms with van der Waals surface area (Å²) in [7, 11) is 0. The number of fused-ring (bicyclic) bond motifs is 1. The Morgan fingerprint density at radius 1 is 1.17 bits per heavy atom. The molecule has 4 nitrogen and oxygen atoms in total. The zero-order valence-corrected chi connectivity index (χ0v) is 14.4. The fourth-order valence-electron chi connectivity index (χ4n) is 2.81. The van der Waals surface area contributed by atoms with Crippen molar-refractivity contribution in [2.45, 2.75) is 24.7 Å². The number of hydrogen-bond donors (Lipinski definition) is 1. The molecule has 0 bridgehead atoms. The van der Waals surface area contributed by atoms with Gasteiger partial charge in [-0.1, -0.05) is 18.2 Å². The van der Waals surface area contributed by atoms with Gasteiger partial charge in [0.25, 0.3) is 0 Å². The molecule has 2 aromatic rings.